The molecule has 0 bridgehead atoms. The van der Waals surface area contributed by atoms with E-state index in [1.807, 2.05) is 0 Å². The third-order valence-corrected chi connectivity index (χ3v) is 1.42. The number of Topliss-reactive ketones (excluding diaryl/α,β-unsaturated/α-hetero) is 1. The summed E-state index contributed by atoms with van der Waals surface area (Å²) in [5.41, 5.74) is 4.86. The van der Waals surface area contributed by atoms with E-state index < -0.39 is 17.6 Å². The van der Waals surface area contributed by atoms with Gasteiger partial charge < -0.3 is 11.1 Å². The lowest BCUT2D eigenvalue weighted by molar-refractivity contribution is -0.138. The summed E-state index contributed by atoms with van der Waals surface area (Å²) in [4.78, 5) is 32.1. The summed E-state index contributed by atoms with van der Waals surface area (Å²) in [6, 6.07) is 0. The predicted octanol–water partition coefficient (Wildman–Crippen LogP) is -0.653. The van der Waals surface area contributed by atoms with Crippen LogP contribution >= 0.6 is 0 Å². The first-order chi connectivity index (χ1) is 6.07. The molecule has 0 radical (unpaired) electrons. The molecule has 0 atom stereocenters. The summed E-state index contributed by atoms with van der Waals surface area (Å²) in [7, 11) is 0. The number of ketones is 1. The molecule has 0 rings (SSSR count). The van der Waals surface area contributed by atoms with E-state index in [1.165, 1.54) is 0 Å². The minimum Gasteiger partial charge on any atom is -0.370 e. The van der Waals surface area contributed by atoms with Crippen molar-refractivity contribution in [3.05, 3.63) is 0 Å². The average Bonchev–Trinajstić information content (AvgIpc) is 2.04. The lowest BCUT2D eigenvalue weighted by atomic mass is 10.1. The Morgan fingerprint density at radius 1 is 1.23 bits per heavy atom. The Morgan fingerprint density at radius 3 is 2.31 bits per heavy atom. The zero-order chi connectivity index (χ0) is 10.3. The molecule has 5 heteroatoms. The number of amides is 2. The fourth-order valence-electron chi connectivity index (χ4n) is 0.796. The molecule has 0 aromatic rings. The normalized spacial score (nSPS) is 9.31. The van der Waals surface area contributed by atoms with Crippen molar-refractivity contribution >= 4 is 17.6 Å². The summed E-state index contributed by atoms with van der Waals surface area (Å²) < 4.78 is 0. The topological polar surface area (TPSA) is 89.3 Å². The van der Waals surface area contributed by atoms with Gasteiger partial charge in [-0.2, -0.15) is 0 Å². The molecule has 0 aromatic carbocycles. The fourth-order valence-corrected chi connectivity index (χ4v) is 0.796. The molecule has 13 heavy (non-hydrogen) atoms. The van der Waals surface area contributed by atoms with Gasteiger partial charge in [-0.3, -0.25) is 14.4 Å². The van der Waals surface area contributed by atoms with E-state index in [1.54, 1.807) is 6.92 Å². The van der Waals surface area contributed by atoms with Gasteiger partial charge in [0.05, 0.1) is 0 Å². The van der Waals surface area contributed by atoms with Crippen LogP contribution in [0.25, 0.3) is 0 Å². The van der Waals surface area contributed by atoms with Gasteiger partial charge in [-0.1, -0.05) is 0 Å². The largest absolute Gasteiger partial charge is 0.370 e. The molecule has 0 fully saturated rings. The number of nitrogens with one attached hydrogen (secondary N) is 1. The van der Waals surface area contributed by atoms with Gasteiger partial charge in [-0.25, -0.2) is 0 Å². The van der Waals surface area contributed by atoms with Crippen LogP contribution in [0.5, 0.6) is 0 Å². The SMILES string of the molecule is CCNC(=O)C(=O)CCCC(N)=O. The van der Waals surface area contributed by atoms with Crippen molar-refractivity contribution in [1.82, 2.24) is 5.32 Å². The fraction of sp³-hybridized carbons (Fsp3) is 0.625. The van der Waals surface area contributed by atoms with Crippen LogP contribution in [-0.2, 0) is 14.4 Å². The van der Waals surface area contributed by atoms with Crippen molar-refractivity contribution in [2.45, 2.75) is 26.2 Å². The first kappa shape index (κ1) is 11.6. The Bertz CT molecular complexity index is 213. The first-order valence-corrected chi connectivity index (χ1v) is 4.17. The van der Waals surface area contributed by atoms with Gasteiger partial charge in [0.1, 0.15) is 0 Å². The minimum atomic E-state index is -0.591. The van der Waals surface area contributed by atoms with E-state index in [4.69, 9.17) is 5.73 Å². The highest BCUT2D eigenvalue weighted by Crippen LogP contribution is 1.95. The summed E-state index contributed by atoms with van der Waals surface area (Å²) in [6.45, 7) is 2.16. The van der Waals surface area contributed by atoms with Crippen LogP contribution < -0.4 is 11.1 Å². The molecule has 0 aromatic heterocycles. The molecule has 0 saturated heterocycles. The van der Waals surface area contributed by atoms with Crippen LogP contribution in [0.2, 0.25) is 0 Å². The maximum atomic E-state index is 11.0. The van der Waals surface area contributed by atoms with Crippen molar-refractivity contribution in [3.63, 3.8) is 0 Å². The van der Waals surface area contributed by atoms with Crippen molar-refractivity contribution < 1.29 is 14.4 Å². The standard InChI is InChI=1S/C8H14N2O3/c1-2-10-8(13)6(11)4-3-5-7(9)12/h2-5H2,1H3,(H2,9,12)(H,10,13). The Morgan fingerprint density at radius 2 is 1.85 bits per heavy atom. The van der Waals surface area contributed by atoms with Crippen molar-refractivity contribution in [2.24, 2.45) is 5.73 Å². The molecule has 0 aliphatic rings. The lowest BCUT2D eigenvalue weighted by Crippen LogP contribution is -2.30. The van der Waals surface area contributed by atoms with Gasteiger partial charge in [0.25, 0.3) is 5.91 Å². The van der Waals surface area contributed by atoms with E-state index in [2.05, 4.69) is 5.32 Å². The third kappa shape index (κ3) is 5.84. The van der Waals surface area contributed by atoms with Gasteiger partial charge in [0.2, 0.25) is 11.7 Å². The molecular formula is C8H14N2O3. The van der Waals surface area contributed by atoms with Gasteiger partial charge in [-0.05, 0) is 13.3 Å². The highest BCUT2D eigenvalue weighted by molar-refractivity contribution is 6.36. The summed E-state index contributed by atoms with van der Waals surface area (Å²) in [5.74, 6) is -1.54. The Balaban J connectivity index is 3.62. The molecule has 74 valence electrons. The van der Waals surface area contributed by atoms with Gasteiger partial charge >= 0.3 is 0 Å². The van der Waals surface area contributed by atoms with Crippen molar-refractivity contribution in [2.75, 3.05) is 6.54 Å². The zero-order valence-electron chi connectivity index (χ0n) is 7.63. The van der Waals surface area contributed by atoms with Gasteiger partial charge in [0, 0.05) is 19.4 Å². The van der Waals surface area contributed by atoms with Crippen LogP contribution in [0.1, 0.15) is 26.2 Å². The molecule has 0 aliphatic carbocycles. The van der Waals surface area contributed by atoms with Crippen LogP contribution in [0.15, 0.2) is 0 Å². The molecule has 0 unspecified atom stereocenters. The molecular weight excluding hydrogens is 172 g/mol. The Kier molecular flexibility index (Phi) is 5.50. The number of nitrogens with two attached hydrogens (primary N) is 1. The smallest absolute Gasteiger partial charge is 0.287 e. The summed E-state index contributed by atoms with van der Waals surface area (Å²) >= 11 is 0. The van der Waals surface area contributed by atoms with E-state index >= 15 is 0 Å². The number of carbonyl (C=O) groups excluding carboxylic acids is 3. The second kappa shape index (κ2) is 6.16. The third-order valence-electron chi connectivity index (χ3n) is 1.42. The predicted molar refractivity (Wildman–Crippen MR) is 46.7 cm³/mol. The van der Waals surface area contributed by atoms with E-state index in [-0.39, 0.29) is 12.8 Å². The second-order valence-corrected chi connectivity index (χ2v) is 2.60. The summed E-state index contributed by atoms with van der Waals surface area (Å²) in [5, 5.41) is 2.38. The molecule has 0 aliphatic heterocycles. The number of rotatable bonds is 6. The number of hydrogen-bond donors (Lipinski definition) is 2. The highest BCUT2D eigenvalue weighted by Gasteiger charge is 2.11. The number of hydrogen-bond acceptors (Lipinski definition) is 3. The quantitative estimate of drug-likeness (QED) is 0.540. The first-order valence-electron chi connectivity index (χ1n) is 4.17. The van der Waals surface area contributed by atoms with Gasteiger partial charge in [-0.15, -0.1) is 0 Å². The maximum Gasteiger partial charge on any atom is 0.287 e. The van der Waals surface area contributed by atoms with E-state index in [9.17, 15) is 14.4 Å². The average molecular weight is 186 g/mol. The number of likely N-dealkylation sites (N-methyl/N-ethyl adjacent to an activating group) is 1. The van der Waals surface area contributed by atoms with Crippen LogP contribution in [0.3, 0.4) is 0 Å². The molecule has 0 heterocycles. The molecule has 0 saturated carbocycles. The molecule has 3 N–H and O–H groups in total. The van der Waals surface area contributed by atoms with Crippen LogP contribution in [0.4, 0.5) is 0 Å². The van der Waals surface area contributed by atoms with Crippen molar-refractivity contribution in [1.29, 1.82) is 0 Å². The Labute approximate surface area is 76.7 Å². The van der Waals surface area contributed by atoms with Crippen molar-refractivity contribution in [3.8, 4) is 0 Å². The number of primary amides is 1. The van der Waals surface area contributed by atoms with E-state index in [0.717, 1.165) is 0 Å². The second-order valence-electron chi connectivity index (χ2n) is 2.60. The highest BCUT2D eigenvalue weighted by atomic mass is 16.2. The van der Waals surface area contributed by atoms with Gasteiger partial charge in [0.15, 0.2) is 0 Å². The van der Waals surface area contributed by atoms with Crippen LogP contribution in [-0.4, -0.2) is 24.1 Å². The number of carbonyl (C=O) groups is 3. The molecule has 5 nitrogen and oxygen atoms in total. The zero-order valence-corrected chi connectivity index (χ0v) is 7.63. The minimum absolute atomic E-state index is 0.0781. The van der Waals surface area contributed by atoms with Crippen LogP contribution in [0, 0.1) is 0 Å². The monoisotopic (exact) mass is 186 g/mol. The summed E-state index contributed by atoms with van der Waals surface area (Å²) in [6.07, 6.45) is 0.561. The Hall–Kier alpha value is -1.39. The van der Waals surface area contributed by atoms with E-state index in [0.29, 0.717) is 13.0 Å². The maximum absolute atomic E-state index is 11.0. The molecule has 0 spiro atoms. The lowest BCUT2D eigenvalue weighted by Gasteiger charge is -1.99. The molecule has 2 amide bonds.